The van der Waals surface area contributed by atoms with Crippen LogP contribution in [0.2, 0.25) is 0 Å². The van der Waals surface area contributed by atoms with E-state index in [4.69, 9.17) is 4.74 Å². The third-order valence-corrected chi connectivity index (χ3v) is 3.57. The minimum atomic E-state index is -0.522. The van der Waals surface area contributed by atoms with Crippen LogP contribution in [0.25, 0.3) is 0 Å². The molecule has 4 nitrogen and oxygen atoms in total. The van der Waals surface area contributed by atoms with Crippen LogP contribution in [0.4, 0.5) is 4.79 Å². The van der Waals surface area contributed by atoms with Gasteiger partial charge in [0.15, 0.2) is 5.78 Å². The molecule has 0 aliphatic heterocycles. The fourth-order valence-corrected chi connectivity index (χ4v) is 2.30. The molecule has 0 aromatic carbocycles. The number of amides is 1. The predicted molar refractivity (Wildman–Crippen MR) is 70.4 cm³/mol. The van der Waals surface area contributed by atoms with Crippen LogP contribution in [0.3, 0.4) is 0 Å². The van der Waals surface area contributed by atoms with E-state index in [1.165, 1.54) is 6.42 Å². The predicted octanol–water partition coefficient (Wildman–Crippen LogP) is 3.05. The highest BCUT2D eigenvalue weighted by Crippen LogP contribution is 2.46. The van der Waals surface area contributed by atoms with Crippen molar-refractivity contribution in [1.29, 1.82) is 0 Å². The third-order valence-electron chi connectivity index (χ3n) is 3.57. The maximum Gasteiger partial charge on any atom is 0.408 e. The molecule has 0 aromatic rings. The first-order valence-electron chi connectivity index (χ1n) is 6.75. The highest BCUT2D eigenvalue weighted by molar-refractivity contribution is 5.84. The van der Waals surface area contributed by atoms with Crippen molar-refractivity contribution in [3.63, 3.8) is 0 Å². The van der Waals surface area contributed by atoms with E-state index in [1.54, 1.807) is 20.8 Å². The van der Waals surface area contributed by atoms with Crippen LogP contribution >= 0.6 is 0 Å². The molecule has 0 saturated heterocycles. The number of ether oxygens (including phenoxy) is 1. The average Bonchev–Trinajstić information content (AvgIpc) is 2.18. The Morgan fingerprint density at radius 1 is 1.28 bits per heavy atom. The van der Waals surface area contributed by atoms with E-state index in [9.17, 15) is 9.59 Å². The maximum atomic E-state index is 11.8. The summed E-state index contributed by atoms with van der Waals surface area (Å²) in [6, 6.07) is 0. The standard InChI is InChI=1S/C14H25NO3/c1-5-14(7-6-8-14)9-11(16)10-15-12(17)18-13(2,3)4/h5-10H2,1-4H3,(H,15,17). The molecule has 4 heteroatoms. The largest absolute Gasteiger partial charge is 0.444 e. The van der Waals surface area contributed by atoms with Crippen LogP contribution in [0.15, 0.2) is 0 Å². The van der Waals surface area contributed by atoms with E-state index in [2.05, 4.69) is 12.2 Å². The van der Waals surface area contributed by atoms with Gasteiger partial charge in [-0.3, -0.25) is 4.79 Å². The summed E-state index contributed by atoms with van der Waals surface area (Å²) < 4.78 is 5.08. The molecule has 0 aromatic heterocycles. The summed E-state index contributed by atoms with van der Waals surface area (Å²) in [6.45, 7) is 7.61. The average molecular weight is 255 g/mol. The summed E-state index contributed by atoms with van der Waals surface area (Å²) >= 11 is 0. The molecule has 104 valence electrons. The van der Waals surface area contributed by atoms with Crippen molar-refractivity contribution in [3.05, 3.63) is 0 Å². The molecule has 1 fully saturated rings. The van der Waals surface area contributed by atoms with Crippen LogP contribution in [-0.4, -0.2) is 24.0 Å². The van der Waals surface area contributed by atoms with E-state index in [0.717, 1.165) is 19.3 Å². The molecule has 1 N–H and O–H groups in total. The zero-order chi connectivity index (χ0) is 13.8. The van der Waals surface area contributed by atoms with Gasteiger partial charge in [-0.2, -0.15) is 0 Å². The number of ketones is 1. The Hall–Kier alpha value is -1.06. The number of rotatable bonds is 5. The molecule has 0 unspecified atom stereocenters. The lowest BCUT2D eigenvalue weighted by atomic mass is 9.64. The van der Waals surface area contributed by atoms with Gasteiger partial charge in [-0.05, 0) is 39.0 Å². The minimum Gasteiger partial charge on any atom is -0.444 e. The first-order valence-corrected chi connectivity index (χ1v) is 6.75. The SMILES string of the molecule is CCC1(CC(=O)CNC(=O)OC(C)(C)C)CCC1. The first-order chi connectivity index (χ1) is 8.26. The number of carbonyl (C=O) groups is 2. The minimum absolute atomic E-state index is 0.0800. The second-order valence-electron chi connectivity index (χ2n) is 6.28. The Labute approximate surface area is 109 Å². The molecular formula is C14H25NO3. The van der Waals surface area contributed by atoms with Crippen LogP contribution < -0.4 is 5.32 Å². The Kier molecular flexibility index (Phi) is 4.77. The van der Waals surface area contributed by atoms with Gasteiger partial charge in [0.25, 0.3) is 0 Å². The zero-order valence-electron chi connectivity index (χ0n) is 12.0. The van der Waals surface area contributed by atoms with Crippen LogP contribution in [0.1, 0.15) is 59.8 Å². The molecule has 0 spiro atoms. The topological polar surface area (TPSA) is 55.4 Å². The van der Waals surface area contributed by atoms with Crippen molar-refractivity contribution in [2.24, 2.45) is 5.41 Å². The van der Waals surface area contributed by atoms with Gasteiger partial charge in [0.1, 0.15) is 5.60 Å². The lowest BCUT2D eigenvalue weighted by Gasteiger charge is -2.40. The molecule has 0 atom stereocenters. The van der Waals surface area contributed by atoms with Crippen molar-refractivity contribution >= 4 is 11.9 Å². The van der Waals surface area contributed by atoms with Crippen molar-refractivity contribution in [2.75, 3.05) is 6.54 Å². The first kappa shape index (κ1) is 15.0. The molecule has 1 rings (SSSR count). The third kappa shape index (κ3) is 4.67. The summed E-state index contributed by atoms with van der Waals surface area (Å²) in [7, 11) is 0. The fourth-order valence-electron chi connectivity index (χ4n) is 2.30. The Morgan fingerprint density at radius 3 is 2.28 bits per heavy atom. The number of hydrogen-bond acceptors (Lipinski definition) is 3. The number of hydrogen-bond donors (Lipinski definition) is 1. The number of carbonyl (C=O) groups excluding carboxylic acids is 2. The quantitative estimate of drug-likeness (QED) is 0.821. The highest BCUT2D eigenvalue weighted by Gasteiger charge is 2.36. The molecule has 0 bridgehead atoms. The summed E-state index contributed by atoms with van der Waals surface area (Å²) in [5.41, 5.74) is -0.307. The van der Waals surface area contributed by atoms with Gasteiger partial charge in [-0.15, -0.1) is 0 Å². The summed E-state index contributed by atoms with van der Waals surface area (Å²) in [5.74, 6) is 0.0995. The summed E-state index contributed by atoms with van der Waals surface area (Å²) in [5, 5.41) is 2.52. The lowest BCUT2D eigenvalue weighted by molar-refractivity contribution is -0.122. The molecule has 1 saturated carbocycles. The van der Waals surface area contributed by atoms with Crippen molar-refractivity contribution in [2.45, 2.75) is 65.4 Å². The Bertz CT molecular complexity index is 308. The molecule has 1 aliphatic rings. The number of nitrogens with one attached hydrogen (secondary N) is 1. The second-order valence-corrected chi connectivity index (χ2v) is 6.28. The smallest absolute Gasteiger partial charge is 0.408 e. The summed E-state index contributed by atoms with van der Waals surface area (Å²) in [6.07, 6.45) is 4.61. The van der Waals surface area contributed by atoms with Gasteiger partial charge in [-0.25, -0.2) is 4.79 Å². The van der Waals surface area contributed by atoms with Crippen molar-refractivity contribution < 1.29 is 14.3 Å². The molecular weight excluding hydrogens is 230 g/mol. The molecule has 1 aliphatic carbocycles. The van der Waals surface area contributed by atoms with Crippen LogP contribution in [0, 0.1) is 5.41 Å². The Balaban J connectivity index is 2.27. The van der Waals surface area contributed by atoms with Crippen LogP contribution in [-0.2, 0) is 9.53 Å². The number of alkyl carbamates (subject to hydrolysis) is 1. The molecule has 18 heavy (non-hydrogen) atoms. The van der Waals surface area contributed by atoms with Gasteiger partial charge in [0.05, 0.1) is 6.54 Å². The highest BCUT2D eigenvalue weighted by atomic mass is 16.6. The van der Waals surface area contributed by atoms with Crippen molar-refractivity contribution in [1.82, 2.24) is 5.32 Å². The van der Waals surface area contributed by atoms with E-state index in [-0.39, 0.29) is 17.7 Å². The molecule has 0 radical (unpaired) electrons. The van der Waals surface area contributed by atoms with Gasteiger partial charge in [-0.1, -0.05) is 19.8 Å². The van der Waals surface area contributed by atoms with Crippen LogP contribution in [0.5, 0.6) is 0 Å². The van der Waals surface area contributed by atoms with E-state index in [1.807, 2.05) is 0 Å². The lowest BCUT2D eigenvalue weighted by Crippen LogP contribution is -2.38. The monoisotopic (exact) mass is 255 g/mol. The summed E-state index contributed by atoms with van der Waals surface area (Å²) in [4.78, 5) is 23.2. The number of Topliss-reactive ketones (excluding diaryl/α,β-unsaturated/α-hetero) is 1. The second kappa shape index (κ2) is 5.72. The maximum absolute atomic E-state index is 11.8. The van der Waals surface area contributed by atoms with Crippen molar-refractivity contribution in [3.8, 4) is 0 Å². The van der Waals surface area contributed by atoms with Gasteiger partial charge < -0.3 is 10.1 Å². The fraction of sp³-hybridized carbons (Fsp3) is 0.857. The normalized spacial score (nSPS) is 17.8. The van der Waals surface area contributed by atoms with E-state index < -0.39 is 11.7 Å². The van der Waals surface area contributed by atoms with Gasteiger partial charge >= 0.3 is 6.09 Å². The molecule has 0 heterocycles. The van der Waals surface area contributed by atoms with Gasteiger partial charge in [0, 0.05) is 6.42 Å². The van der Waals surface area contributed by atoms with Gasteiger partial charge in [0.2, 0.25) is 0 Å². The van der Waals surface area contributed by atoms with E-state index in [0.29, 0.717) is 6.42 Å². The molecule has 1 amide bonds. The zero-order valence-corrected chi connectivity index (χ0v) is 12.0. The Morgan fingerprint density at radius 2 is 1.89 bits per heavy atom. The van der Waals surface area contributed by atoms with E-state index >= 15 is 0 Å².